The Balaban J connectivity index is 2.17. The molecule has 2 rings (SSSR count). The molecule has 0 spiro atoms. The van der Waals surface area contributed by atoms with Crippen LogP contribution in [0, 0.1) is 0 Å². The Morgan fingerprint density at radius 3 is 2.54 bits per heavy atom. The molecule has 134 valence electrons. The molecule has 0 amide bonds. The monoisotopic (exact) mass is 355 g/mol. The Hall–Kier alpha value is -1.60. The SMILES string of the molecule is CC1N(CCCCS(=O)(=O)O)c2ccc(CC(=O)O)cc2C1(C)C. The molecule has 0 radical (unpaired) electrons. The van der Waals surface area contributed by atoms with Crippen LogP contribution in [0.5, 0.6) is 0 Å². The van der Waals surface area contributed by atoms with E-state index >= 15 is 0 Å². The smallest absolute Gasteiger partial charge is 0.307 e. The van der Waals surface area contributed by atoms with Crippen molar-refractivity contribution in [3.05, 3.63) is 29.3 Å². The number of carbonyl (C=O) groups is 1. The van der Waals surface area contributed by atoms with Gasteiger partial charge in [0.1, 0.15) is 0 Å². The molecule has 1 atom stereocenters. The molecule has 0 bridgehead atoms. The summed E-state index contributed by atoms with van der Waals surface area (Å²) in [5.74, 6) is -1.07. The van der Waals surface area contributed by atoms with E-state index in [0.717, 1.165) is 16.8 Å². The van der Waals surface area contributed by atoms with Crippen LogP contribution in [0.3, 0.4) is 0 Å². The average molecular weight is 355 g/mol. The second kappa shape index (κ2) is 6.72. The van der Waals surface area contributed by atoms with Crippen molar-refractivity contribution < 1.29 is 22.9 Å². The summed E-state index contributed by atoms with van der Waals surface area (Å²) in [4.78, 5) is 13.2. The van der Waals surface area contributed by atoms with Crippen molar-refractivity contribution in [3.63, 3.8) is 0 Å². The van der Waals surface area contributed by atoms with Gasteiger partial charge in [-0.1, -0.05) is 26.0 Å². The van der Waals surface area contributed by atoms with Crippen LogP contribution in [0.15, 0.2) is 18.2 Å². The maximum Gasteiger partial charge on any atom is 0.307 e. The van der Waals surface area contributed by atoms with Crippen molar-refractivity contribution in [2.45, 2.75) is 51.5 Å². The number of unbranched alkanes of at least 4 members (excludes halogenated alkanes) is 1. The number of anilines is 1. The van der Waals surface area contributed by atoms with Crippen molar-refractivity contribution in [3.8, 4) is 0 Å². The average Bonchev–Trinajstić information content (AvgIpc) is 2.62. The first-order valence-electron chi connectivity index (χ1n) is 8.09. The number of nitrogens with zero attached hydrogens (tertiary/aromatic N) is 1. The van der Waals surface area contributed by atoms with Crippen LogP contribution in [-0.4, -0.2) is 42.4 Å². The van der Waals surface area contributed by atoms with Gasteiger partial charge in [-0.3, -0.25) is 9.35 Å². The minimum atomic E-state index is -3.91. The Labute approximate surface area is 143 Å². The summed E-state index contributed by atoms with van der Waals surface area (Å²) in [6.45, 7) is 7.10. The molecule has 0 saturated heterocycles. The largest absolute Gasteiger partial charge is 0.481 e. The van der Waals surface area contributed by atoms with E-state index in [4.69, 9.17) is 9.66 Å². The summed E-state index contributed by atoms with van der Waals surface area (Å²) in [7, 11) is -3.91. The molecule has 1 aromatic rings. The molecular formula is C17H25NO5S. The summed E-state index contributed by atoms with van der Waals surface area (Å²) >= 11 is 0. The molecule has 1 heterocycles. The third kappa shape index (κ3) is 4.08. The minimum absolute atomic E-state index is 0.00605. The highest BCUT2D eigenvalue weighted by atomic mass is 32.2. The quantitative estimate of drug-likeness (QED) is 0.576. The van der Waals surface area contributed by atoms with Crippen molar-refractivity contribution in [2.24, 2.45) is 0 Å². The standard InChI is InChI=1S/C17H25NO5S/c1-12-17(2,3)14-10-13(11-16(19)20)6-7-15(14)18(12)8-4-5-9-24(21,22)23/h6-7,10,12H,4-5,8-9,11H2,1-3H3,(H,19,20)(H,21,22,23). The predicted molar refractivity (Wildman–Crippen MR) is 93.3 cm³/mol. The highest BCUT2D eigenvalue weighted by Crippen LogP contribution is 2.45. The number of fused-ring (bicyclic) bond motifs is 1. The molecule has 1 aliphatic heterocycles. The zero-order valence-corrected chi connectivity index (χ0v) is 15.1. The lowest BCUT2D eigenvalue weighted by molar-refractivity contribution is -0.136. The fourth-order valence-electron chi connectivity index (χ4n) is 3.34. The molecule has 0 aliphatic carbocycles. The molecule has 24 heavy (non-hydrogen) atoms. The highest BCUT2D eigenvalue weighted by Gasteiger charge is 2.41. The molecule has 1 aromatic carbocycles. The van der Waals surface area contributed by atoms with E-state index in [2.05, 4.69) is 25.7 Å². The first kappa shape index (κ1) is 18.7. The van der Waals surface area contributed by atoms with Gasteiger partial charge in [-0.05, 0) is 37.0 Å². The maximum absolute atomic E-state index is 10.9. The number of rotatable bonds is 7. The predicted octanol–water partition coefficient (Wildman–Crippen LogP) is 2.47. The van der Waals surface area contributed by atoms with Gasteiger partial charge < -0.3 is 10.0 Å². The minimum Gasteiger partial charge on any atom is -0.481 e. The first-order chi connectivity index (χ1) is 11.0. The Kier molecular flexibility index (Phi) is 5.25. The zero-order valence-electron chi connectivity index (χ0n) is 14.3. The van der Waals surface area contributed by atoms with Crippen molar-refractivity contribution in [1.29, 1.82) is 0 Å². The normalized spacial score (nSPS) is 19.3. The van der Waals surface area contributed by atoms with Crippen LogP contribution in [0.25, 0.3) is 0 Å². The number of benzene rings is 1. The second-order valence-electron chi connectivity index (χ2n) is 7.01. The number of hydrogen-bond acceptors (Lipinski definition) is 4. The van der Waals surface area contributed by atoms with Gasteiger partial charge in [-0.2, -0.15) is 8.42 Å². The second-order valence-corrected chi connectivity index (χ2v) is 8.58. The topological polar surface area (TPSA) is 94.9 Å². The van der Waals surface area contributed by atoms with Crippen LogP contribution in [-0.2, 0) is 26.7 Å². The molecule has 7 heteroatoms. The van der Waals surface area contributed by atoms with Crippen molar-refractivity contribution in [1.82, 2.24) is 0 Å². The third-order valence-corrected chi connectivity index (χ3v) is 5.79. The fraction of sp³-hybridized carbons (Fsp3) is 0.588. The Bertz CT molecular complexity index is 726. The van der Waals surface area contributed by atoms with E-state index in [9.17, 15) is 13.2 Å². The number of aliphatic carboxylic acids is 1. The summed E-state index contributed by atoms with van der Waals surface area (Å²) in [6.07, 6.45) is 1.08. The molecule has 1 aliphatic rings. The van der Waals surface area contributed by atoms with E-state index in [1.54, 1.807) is 0 Å². The van der Waals surface area contributed by atoms with Gasteiger partial charge in [-0.15, -0.1) is 0 Å². The maximum atomic E-state index is 10.9. The van der Waals surface area contributed by atoms with Crippen LogP contribution < -0.4 is 4.90 Å². The van der Waals surface area contributed by atoms with Crippen LogP contribution in [0.2, 0.25) is 0 Å². The fourth-order valence-corrected chi connectivity index (χ4v) is 3.91. The first-order valence-corrected chi connectivity index (χ1v) is 9.70. The Morgan fingerprint density at radius 1 is 1.29 bits per heavy atom. The van der Waals surface area contributed by atoms with Gasteiger partial charge in [-0.25, -0.2) is 0 Å². The van der Waals surface area contributed by atoms with Crippen molar-refractivity contribution in [2.75, 3.05) is 17.2 Å². The van der Waals surface area contributed by atoms with E-state index in [1.807, 2.05) is 18.2 Å². The van der Waals surface area contributed by atoms with E-state index in [-0.39, 0.29) is 23.6 Å². The van der Waals surface area contributed by atoms with Gasteiger partial charge in [0.25, 0.3) is 10.1 Å². The van der Waals surface area contributed by atoms with E-state index in [1.165, 1.54) is 0 Å². The molecule has 0 aromatic heterocycles. The van der Waals surface area contributed by atoms with Crippen LogP contribution in [0.1, 0.15) is 44.7 Å². The molecule has 0 fully saturated rings. The van der Waals surface area contributed by atoms with Gasteiger partial charge in [0, 0.05) is 23.7 Å². The highest BCUT2D eigenvalue weighted by molar-refractivity contribution is 7.85. The van der Waals surface area contributed by atoms with E-state index < -0.39 is 16.1 Å². The van der Waals surface area contributed by atoms with Gasteiger partial charge >= 0.3 is 5.97 Å². The van der Waals surface area contributed by atoms with Gasteiger partial charge in [0.05, 0.1) is 12.2 Å². The zero-order chi connectivity index (χ0) is 18.1. The molecular weight excluding hydrogens is 330 g/mol. The molecule has 6 nitrogen and oxygen atoms in total. The van der Waals surface area contributed by atoms with Gasteiger partial charge in [0.2, 0.25) is 0 Å². The summed E-state index contributed by atoms with van der Waals surface area (Å²) < 4.78 is 30.4. The third-order valence-electron chi connectivity index (χ3n) is 4.98. The number of carboxylic acids is 1. The lowest BCUT2D eigenvalue weighted by Crippen LogP contribution is -2.39. The van der Waals surface area contributed by atoms with Crippen LogP contribution >= 0.6 is 0 Å². The summed E-state index contributed by atoms with van der Waals surface area (Å²) in [6, 6.07) is 5.99. The summed E-state index contributed by atoms with van der Waals surface area (Å²) in [5.41, 5.74) is 2.87. The van der Waals surface area contributed by atoms with Crippen LogP contribution in [0.4, 0.5) is 5.69 Å². The lowest BCUT2D eigenvalue weighted by Gasteiger charge is -2.31. The number of hydrogen-bond donors (Lipinski definition) is 2. The molecule has 2 N–H and O–H groups in total. The Morgan fingerprint density at radius 2 is 1.96 bits per heavy atom. The van der Waals surface area contributed by atoms with Crippen molar-refractivity contribution >= 4 is 21.8 Å². The summed E-state index contributed by atoms with van der Waals surface area (Å²) in [5, 5.41) is 8.98. The van der Waals surface area contributed by atoms with Gasteiger partial charge in [0.15, 0.2) is 0 Å². The lowest BCUT2D eigenvalue weighted by atomic mass is 9.80. The number of carboxylic acid groups (broad SMARTS) is 1. The van der Waals surface area contributed by atoms with E-state index in [0.29, 0.717) is 19.4 Å². The molecule has 0 saturated carbocycles. The molecule has 1 unspecified atom stereocenters.